The van der Waals surface area contributed by atoms with Crippen LogP contribution in [0.15, 0.2) is 29.2 Å². The van der Waals surface area contributed by atoms with E-state index in [-0.39, 0.29) is 29.3 Å². The number of carbonyl (C=O) groups is 1. The highest BCUT2D eigenvalue weighted by atomic mass is 32.2. The van der Waals surface area contributed by atoms with Gasteiger partial charge in [-0.1, -0.05) is 0 Å². The van der Waals surface area contributed by atoms with Crippen molar-refractivity contribution in [2.75, 3.05) is 13.1 Å². The van der Waals surface area contributed by atoms with E-state index in [0.29, 0.717) is 31.2 Å². The molecule has 1 aromatic rings. The number of rotatable bonds is 4. The molecule has 1 aromatic carbocycles. The van der Waals surface area contributed by atoms with Crippen molar-refractivity contribution >= 4 is 15.9 Å². The Morgan fingerprint density at radius 3 is 2.24 bits per heavy atom. The maximum absolute atomic E-state index is 13.2. The molecule has 6 rings (SSSR count). The molecule has 0 aromatic heterocycles. The molecule has 1 atom stereocenters. The van der Waals surface area contributed by atoms with E-state index < -0.39 is 15.8 Å². The van der Waals surface area contributed by atoms with Gasteiger partial charge in [-0.05, 0) is 92.9 Å². The molecule has 1 amide bonds. The largest absolute Gasteiger partial charge is 0.353 e. The minimum atomic E-state index is -3.71. The number of sulfonamides is 1. The molecule has 1 aliphatic heterocycles. The molecule has 29 heavy (non-hydrogen) atoms. The van der Waals surface area contributed by atoms with Gasteiger partial charge < -0.3 is 5.32 Å². The van der Waals surface area contributed by atoms with Crippen LogP contribution in [0.2, 0.25) is 0 Å². The molecule has 1 heterocycles. The summed E-state index contributed by atoms with van der Waals surface area (Å²) in [4.78, 5) is 13.1. The topological polar surface area (TPSA) is 66.5 Å². The van der Waals surface area contributed by atoms with Crippen LogP contribution in [-0.2, 0) is 14.8 Å². The van der Waals surface area contributed by atoms with Crippen LogP contribution >= 0.6 is 0 Å². The first-order valence-corrected chi connectivity index (χ1v) is 12.4. The lowest BCUT2D eigenvalue weighted by Gasteiger charge is -2.54. The van der Waals surface area contributed by atoms with Gasteiger partial charge in [0.2, 0.25) is 15.9 Å². The fourth-order valence-corrected chi connectivity index (χ4v) is 8.10. The number of nitrogens with zero attached hydrogens (tertiary/aromatic N) is 1. The van der Waals surface area contributed by atoms with Gasteiger partial charge in [-0.2, -0.15) is 4.31 Å². The molecular weight excluding hydrogens is 391 g/mol. The van der Waals surface area contributed by atoms with Crippen molar-refractivity contribution in [2.24, 2.45) is 29.6 Å². The second kappa shape index (κ2) is 7.34. The normalized spacial score (nSPS) is 36.9. The summed E-state index contributed by atoms with van der Waals surface area (Å²) in [5, 5.41) is 3.34. The zero-order valence-electron chi connectivity index (χ0n) is 16.6. The van der Waals surface area contributed by atoms with Gasteiger partial charge >= 0.3 is 0 Å². The lowest BCUT2D eigenvalue weighted by Crippen LogP contribution is -2.57. The molecule has 7 heteroatoms. The Morgan fingerprint density at radius 1 is 1.00 bits per heavy atom. The third-order valence-electron chi connectivity index (χ3n) is 7.74. The zero-order valence-corrected chi connectivity index (χ0v) is 17.4. The van der Waals surface area contributed by atoms with E-state index in [4.69, 9.17) is 0 Å². The highest BCUT2D eigenvalue weighted by molar-refractivity contribution is 7.89. The summed E-state index contributed by atoms with van der Waals surface area (Å²) >= 11 is 0. The van der Waals surface area contributed by atoms with Crippen LogP contribution < -0.4 is 5.32 Å². The molecule has 4 saturated carbocycles. The van der Waals surface area contributed by atoms with Crippen molar-refractivity contribution in [1.82, 2.24) is 9.62 Å². The van der Waals surface area contributed by atoms with Crippen LogP contribution in [0.4, 0.5) is 4.39 Å². The molecule has 0 radical (unpaired) electrons. The van der Waals surface area contributed by atoms with Crippen LogP contribution in [0.5, 0.6) is 0 Å². The molecule has 1 N–H and O–H groups in total. The van der Waals surface area contributed by atoms with Crippen LogP contribution in [0.1, 0.15) is 44.9 Å². The van der Waals surface area contributed by atoms with Crippen molar-refractivity contribution in [1.29, 1.82) is 0 Å². The van der Waals surface area contributed by atoms with E-state index in [1.54, 1.807) is 0 Å². The average Bonchev–Trinajstić information content (AvgIpc) is 2.70. The van der Waals surface area contributed by atoms with Gasteiger partial charge in [0.05, 0.1) is 10.8 Å². The summed E-state index contributed by atoms with van der Waals surface area (Å²) in [7, 11) is -3.71. The highest BCUT2D eigenvalue weighted by Crippen LogP contribution is 2.53. The van der Waals surface area contributed by atoms with E-state index in [0.717, 1.165) is 24.0 Å². The zero-order chi connectivity index (χ0) is 20.2. The van der Waals surface area contributed by atoms with E-state index in [2.05, 4.69) is 5.32 Å². The Hall–Kier alpha value is -1.47. The second-order valence-corrected chi connectivity index (χ2v) is 11.6. The number of carbonyl (C=O) groups excluding carboxylic acids is 1. The van der Waals surface area contributed by atoms with Crippen LogP contribution in [0.3, 0.4) is 0 Å². The first-order chi connectivity index (χ1) is 13.9. The second-order valence-electron chi connectivity index (χ2n) is 9.62. The lowest BCUT2D eigenvalue weighted by molar-refractivity contribution is -0.130. The molecule has 5 nitrogen and oxygen atoms in total. The van der Waals surface area contributed by atoms with Gasteiger partial charge in [-0.3, -0.25) is 4.79 Å². The number of amides is 1. The van der Waals surface area contributed by atoms with Gasteiger partial charge in [0, 0.05) is 19.1 Å². The van der Waals surface area contributed by atoms with E-state index in [1.807, 2.05) is 0 Å². The molecule has 158 valence electrons. The van der Waals surface area contributed by atoms with E-state index >= 15 is 0 Å². The lowest BCUT2D eigenvalue weighted by atomic mass is 9.54. The number of hydrogen-bond acceptors (Lipinski definition) is 3. The fourth-order valence-electron chi connectivity index (χ4n) is 6.57. The number of nitrogens with one attached hydrogen (secondary N) is 1. The van der Waals surface area contributed by atoms with E-state index in [9.17, 15) is 17.6 Å². The predicted octanol–water partition coefficient (Wildman–Crippen LogP) is 3.17. The Balaban J connectivity index is 1.26. The summed E-state index contributed by atoms with van der Waals surface area (Å²) in [6.07, 6.45) is 7.74. The predicted molar refractivity (Wildman–Crippen MR) is 107 cm³/mol. The Bertz CT molecular complexity index is 858. The quantitative estimate of drug-likeness (QED) is 0.814. The van der Waals surface area contributed by atoms with Gasteiger partial charge in [0.25, 0.3) is 0 Å². The van der Waals surface area contributed by atoms with Gasteiger partial charge in [0.15, 0.2) is 0 Å². The molecule has 1 unspecified atom stereocenters. The molecular formula is C22H29FN2O3S. The maximum atomic E-state index is 13.2. The molecule has 5 fully saturated rings. The van der Waals surface area contributed by atoms with Crippen LogP contribution in [0, 0.1) is 35.4 Å². The molecule has 5 aliphatic rings. The number of benzene rings is 1. The minimum absolute atomic E-state index is 0.0153. The molecule has 0 spiro atoms. The van der Waals surface area contributed by atoms with Gasteiger partial charge in [-0.15, -0.1) is 0 Å². The molecule has 1 saturated heterocycles. The number of hydrogen-bond donors (Lipinski definition) is 1. The smallest absolute Gasteiger partial charge is 0.243 e. The number of halogens is 1. The van der Waals surface area contributed by atoms with E-state index in [1.165, 1.54) is 48.5 Å². The summed E-state index contributed by atoms with van der Waals surface area (Å²) < 4.78 is 40.4. The Kier molecular flexibility index (Phi) is 4.93. The summed E-state index contributed by atoms with van der Waals surface area (Å²) in [5.41, 5.74) is 0. The summed E-state index contributed by atoms with van der Waals surface area (Å²) in [6.45, 7) is 0.611. The molecule has 4 aliphatic carbocycles. The van der Waals surface area contributed by atoms with Crippen LogP contribution in [-0.4, -0.2) is 37.8 Å². The Labute approximate surface area is 172 Å². The van der Waals surface area contributed by atoms with Crippen molar-refractivity contribution in [2.45, 2.75) is 55.9 Å². The monoisotopic (exact) mass is 420 g/mol. The highest BCUT2D eigenvalue weighted by Gasteiger charge is 2.49. The SMILES string of the molecule is O=C(NC1C2CC3CC(C2)CC1C3)C1CCCN(S(=O)(=O)c2ccc(F)cc2)C1. The fraction of sp³-hybridized carbons (Fsp3) is 0.682. The third kappa shape index (κ3) is 3.61. The summed E-state index contributed by atoms with van der Waals surface area (Å²) in [5.74, 6) is 2.18. The molecule has 4 bridgehead atoms. The summed E-state index contributed by atoms with van der Waals surface area (Å²) in [6, 6.07) is 5.19. The van der Waals surface area contributed by atoms with Crippen LogP contribution in [0.25, 0.3) is 0 Å². The first kappa shape index (κ1) is 19.5. The van der Waals surface area contributed by atoms with Gasteiger partial charge in [0.1, 0.15) is 5.82 Å². The van der Waals surface area contributed by atoms with Crippen molar-refractivity contribution in [3.8, 4) is 0 Å². The van der Waals surface area contributed by atoms with Crippen molar-refractivity contribution < 1.29 is 17.6 Å². The number of piperidine rings is 1. The average molecular weight is 421 g/mol. The minimum Gasteiger partial charge on any atom is -0.353 e. The Morgan fingerprint density at radius 2 is 1.62 bits per heavy atom. The maximum Gasteiger partial charge on any atom is 0.243 e. The van der Waals surface area contributed by atoms with Crippen molar-refractivity contribution in [3.05, 3.63) is 30.1 Å². The first-order valence-electron chi connectivity index (χ1n) is 11.0. The third-order valence-corrected chi connectivity index (χ3v) is 9.62. The van der Waals surface area contributed by atoms with Gasteiger partial charge in [-0.25, -0.2) is 12.8 Å². The van der Waals surface area contributed by atoms with Crippen molar-refractivity contribution in [3.63, 3.8) is 0 Å². The standard InChI is InChI=1S/C22H29FN2O3S/c23-19-3-5-20(6-4-19)29(27,28)25-7-1-2-16(13-25)22(26)24-21-17-9-14-8-15(11-17)12-18(21)10-14/h3-6,14-18,21H,1-2,7-13H2,(H,24,26).